The second-order valence-corrected chi connectivity index (χ2v) is 3.80. The quantitative estimate of drug-likeness (QED) is 0.670. The van der Waals surface area contributed by atoms with Crippen LogP contribution in [0, 0.1) is 0 Å². The zero-order chi connectivity index (χ0) is 11.7. The number of aldehydes is 1. The first-order valence-electron chi connectivity index (χ1n) is 5.25. The molecule has 7 heteroatoms. The molecule has 0 N–H and O–H groups in total. The van der Waals surface area contributed by atoms with Crippen molar-refractivity contribution in [3.8, 4) is 0 Å². The summed E-state index contributed by atoms with van der Waals surface area (Å²) < 4.78 is 2.01. The zero-order valence-corrected chi connectivity index (χ0v) is 9.02. The van der Waals surface area contributed by atoms with E-state index in [0.717, 1.165) is 25.2 Å². The van der Waals surface area contributed by atoms with Crippen LogP contribution in [0.15, 0.2) is 18.7 Å². The van der Waals surface area contributed by atoms with Crippen LogP contribution in [0.3, 0.4) is 0 Å². The number of hydrogen-bond acceptors (Lipinski definition) is 6. The van der Waals surface area contributed by atoms with Crippen molar-refractivity contribution in [2.45, 2.75) is 13.1 Å². The number of anilines is 1. The Balaban J connectivity index is 1.84. The van der Waals surface area contributed by atoms with Crippen molar-refractivity contribution in [2.75, 3.05) is 11.4 Å². The molecule has 0 unspecified atom stereocenters. The molecule has 7 nitrogen and oxygen atoms in total. The molecule has 17 heavy (non-hydrogen) atoms. The summed E-state index contributed by atoms with van der Waals surface area (Å²) in [4.78, 5) is 20.8. The van der Waals surface area contributed by atoms with Crippen LogP contribution in [0.2, 0.25) is 0 Å². The smallest absolute Gasteiger partial charge is 0.225 e. The Hall–Kier alpha value is -2.31. The maximum absolute atomic E-state index is 10.5. The van der Waals surface area contributed by atoms with Gasteiger partial charge in [-0.2, -0.15) is 0 Å². The highest BCUT2D eigenvalue weighted by atomic mass is 16.1. The normalized spacial score (nSPS) is 14.5. The summed E-state index contributed by atoms with van der Waals surface area (Å²) in [6.45, 7) is 2.27. The average Bonchev–Trinajstić information content (AvgIpc) is 2.86. The molecule has 1 aliphatic heterocycles. The molecular weight excluding hydrogens is 220 g/mol. The molecule has 0 aromatic carbocycles. The molecule has 0 fully saturated rings. The number of aromatic nitrogens is 5. The Morgan fingerprint density at radius 1 is 1.24 bits per heavy atom. The predicted molar refractivity (Wildman–Crippen MR) is 58.5 cm³/mol. The molecule has 1 aliphatic rings. The predicted octanol–water partition coefficient (Wildman–Crippen LogP) is -0.0992. The number of hydrogen-bond donors (Lipinski definition) is 0. The molecule has 86 valence electrons. The van der Waals surface area contributed by atoms with E-state index in [-0.39, 0.29) is 0 Å². The minimum atomic E-state index is 0.480. The third-order valence-corrected chi connectivity index (χ3v) is 2.72. The fourth-order valence-corrected chi connectivity index (χ4v) is 1.79. The van der Waals surface area contributed by atoms with E-state index < -0.39 is 0 Å². The van der Waals surface area contributed by atoms with Crippen LogP contribution >= 0.6 is 0 Å². The van der Waals surface area contributed by atoms with Crippen LogP contribution in [0.1, 0.15) is 16.2 Å². The Morgan fingerprint density at radius 2 is 2.06 bits per heavy atom. The standard InChI is InChI=1S/C10H10N6O/c17-6-8-3-11-10(12-4-8)15-1-2-16-7-13-14-9(16)5-15/h3-4,6-7H,1-2,5H2. The second kappa shape index (κ2) is 3.93. The van der Waals surface area contributed by atoms with E-state index in [1.807, 2.05) is 9.47 Å². The Kier molecular flexibility index (Phi) is 2.28. The summed E-state index contributed by atoms with van der Waals surface area (Å²) in [5.74, 6) is 1.52. The molecule has 3 rings (SSSR count). The van der Waals surface area contributed by atoms with Crippen molar-refractivity contribution in [1.29, 1.82) is 0 Å². The molecule has 0 amide bonds. The summed E-state index contributed by atoms with van der Waals surface area (Å²) >= 11 is 0. The minimum Gasteiger partial charge on any atom is -0.331 e. The summed E-state index contributed by atoms with van der Waals surface area (Å²) in [7, 11) is 0. The molecule has 2 aromatic rings. The van der Waals surface area contributed by atoms with Crippen LogP contribution in [-0.2, 0) is 13.1 Å². The summed E-state index contributed by atoms with van der Waals surface area (Å²) in [6, 6.07) is 0. The van der Waals surface area contributed by atoms with Gasteiger partial charge in [0, 0.05) is 25.5 Å². The van der Waals surface area contributed by atoms with Gasteiger partial charge in [0.25, 0.3) is 0 Å². The fourth-order valence-electron chi connectivity index (χ4n) is 1.79. The van der Waals surface area contributed by atoms with E-state index in [9.17, 15) is 4.79 Å². The second-order valence-electron chi connectivity index (χ2n) is 3.80. The topological polar surface area (TPSA) is 76.8 Å². The monoisotopic (exact) mass is 230 g/mol. The molecule has 0 saturated carbocycles. The van der Waals surface area contributed by atoms with E-state index in [0.29, 0.717) is 18.1 Å². The highest BCUT2D eigenvalue weighted by Crippen LogP contribution is 2.14. The fraction of sp³-hybridized carbons (Fsp3) is 0.300. The lowest BCUT2D eigenvalue weighted by atomic mass is 10.3. The van der Waals surface area contributed by atoms with Gasteiger partial charge in [-0.3, -0.25) is 4.79 Å². The van der Waals surface area contributed by atoms with E-state index in [4.69, 9.17) is 0 Å². The van der Waals surface area contributed by atoms with E-state index >= 15 is 0 Å². The first kappa shape index (κ1) is 9.88. The van der Waals surface area contributed by atoms with Crippen molar-refractivity contribution in [3.05, 3.63) is 30.1 Å². The Bertz CT molecular complexity index is 534. The summed E-state index contributed by atoms with van der Waals surface area (Å²) in [6.07, 6.45) is 5.50. The van der Waals surface area contributed by atoms with Gasteiger partial charge in [0.15, 0.2) is 12.1 Å². The minimum absolute atomic E-state index is 0.480. The van der Waals surface area contributed by atoms with Crippen LogP contribution in [0.4, 0.5) is 5.95 Å². The Labute approximate surface area is 97.1 Å². The van der Waals surface area contributed by atoms with Crippen LogP contribution in [0.25, 0.3) is 0 Å². The zero-order valence-electron chi connectivity index (χ0n) is 9.02. The van der Waals surface area contributed by atoms with Gasteiger partial charge in [-0.1, -0.05) is 0 Å². The molecule has 0 bridgehead atoms. The van der Waals surface area contributed by atoms with Gasteiger partial charge in [0.05, 0.1) is 12.1 Å². The highest BCUT2D eigenvalue weighted by molar-refractivity contribution is 5.73. The largest absolute Gasteiger partial charge is 0.331 e. The number of fused-ring (bicyclic) bond motifs is 1. The molecule has 0 spiro atoms. The lowest BCUT2D eigenvalue weighted by molar-refractivity contribution is 0.112. The third kappa shape index (κ3) is 1.75. The molecule has 0 atom stereocenters. The highest BCUT2D eigenvalue weighted by Gasteiger charge is 2.19. The number of nitrogens with zero attached hydrogens (tertiary/aromatic N) is 6. The molecule has 0 aliphatic carbocycles. The van der Waals surface area contributed by atoms with Gasteiger partial charge in [-0.25, -0.2) is 9.97 Å². The Morgan fingerprint density at radius 3 is 2.82 bits per heavy atom. The summed E-state index contributed by atoms with van der Waals surface area (Å²) in [5, 5.41) is 7.88. The molecule has 2 aromatic heterocycles. The maximum atomic E-state index is 10.5. The first-order chi connectivity index (χ1) is 8.36. The third-order valence-electron chi connectivity index (χ3n) is 2.72. The van der Waals surface area contributed by atoms with Crippen molar-refractivity contribution in [2.24, 2.45) is 0 Å². The molecule has 3 heterocycles. The SMILES string of the molecule is O=Cc1cnc(N2CCn3cnnc3C2)nc1. The molecular formula is C10H10N6O. The van der Waals surface area contributed by atoms with Crippen molar-refractivity contribution in [1.82, 2.24) is 24.7 Å². The lowest BCUT2D eigenvalue weighted by Crippen LogP contribution is -2.34. The molecule has 0 saturated heterocycles. The number of carbonyl (C=O) groups excluding carboxylic acids is 1. The number of carbonyl (C=O) groups is 1. The maximum Gasteiger partial charge on any atom is 0.225 e. The van der Waals surface area contributed by atoms with Gasteiger partial charge < -0.3 is 9.47 Å². The van der Waals surface area contributed by atoms with Gasteiger partial charge in [0.2, 0.25) is 5.95 Å². The van der Waals surface area contributed by atoms with E-state index in [1.54, 1.807) is 6.33 Å². The van der Waals surface area contributed by atoms with Gasteiger partial charge in [-0.15, -0.1) is 10.2 Å². The molecule has 0 radical (unpaired) electrons. The average molecular weight is 230 g/mol. The lowest BCUT2D eigenvalue weighted by Gasteiger charge is -2.26. The van der Waals surface area contributed by atoms with Crippen LogP contribution < -0.4 is 4.90 Å². The van der Waals surface area contributed by atoms with Crippen molar-refractivity contribution >= 4 is 12.2 Å². The van der Waals surface area contributed by atoms with Crippen LogP contribution in [0.5, 0.6) is 0 Å². The van der Waals surface area contributed by atoms with Gasteiger partial charge in [-0.05, 0) is 0 Å². The number of rotatable bonds is 2. The van der Waals surface area contributed by atoms with Crippen LogP contribution in [-0.4, -0.2) is 37.6 Å². The van der Waals surface area contributed by atoms with Crippen molar-refractivity contribution in [3.63, 3.8) is 0 Å². The van der Waals surface area contributed by atoms with Gasteiger partial charge >= 0.3 is 0 Å². The summed E-state index contributed by atoms with van der Waals surface area (Å²) in [5.41, 5.74) is 0.480. The first-order valence-corrected chi connectivity index (χ1v) is 5.25. The van der Waals surface area contributed by atoms with E-state index in [2.05, 4.69) is 20.2 Å². The van der Waals surface area contributed by atoms with Gasteiger partial charge in [0.1, 0.15) is 6.33 Å². The van der Waals surface area contributed by atoms with E-state index in [1.165, 1.54) is 12.4 Å². The van der Waals surface area contributed by atoms with Crippen molar-refractivity contribution < 1.29 is 4.79 Å².